The molecule has 1 aromatic heterocycles. The molecule has 0 aliphatic carbocycles. The Kier molecular flexibility index (Phi) is 1.94. The van der Waals surface area contributed by atoms with Gasteiger partial charge in [-0.15, -0.1) is 4.91 Å². The van der Waals surface area contributed by atoms with Crippen molar-refractivity contribution in [3.63, 3.8) is 0 Å². The van der Waals surface area contributed by atoms with Gasteiger partial charge in [0.15, 0.2) is 5.82 Å². The molecule has 2 rings (SSSR count). The van der Waals surface area contributed by atoms with Crippen molar-refractivity contribution in [2.75, 3.05) is 0 Å². The van der Waals surface area contributed by atoms with Crippen LogP contribution in [-0.2, 0) is 0 Å². The summed E-state index contributed by atoms with van der Waals surface area (Å²) in [6.07, 6.45) is 0. The van der Waals surface area contributed by atoms with Crippen LogP contribution in [0.4, 0.5) is 5.69 Å². The number of nitrogens with zero attached hydrogens (tertiary/aromatic N) is 2. The fourth-order valence-corrected chi connectivity index (χ4v) is 1.09. The van der Waals surface area contributed by atoms with E-state index in [0.717, 1.165) is 5.56 Å². The largest absolute Gasteiger partial charge is 0.361 e. The first-order valence-corrected chi connectivity index (χ1v) is 3.88. The number of nitrogens with one attached hydrogen (secondary N) is 2. The van der Waals surface area contributed by atoms with Crippen LogP contribution in [0.25, 0.3) is 11.4 Å². The Morgan fingerprint density at radius 1 is 1.14 bits per heavy atom. The van der Waals surface area contributed by atoms with Gasteiger partial charge in [-0.2, -0.15) is 4.98 Å². The third-order valence-electron chi connectivity index (χ3n) is 1.75. The first kappa shape index (κ1) is 8.36. The number of hydrogen-bond donors (Lipinski definition) is 2. The lowest BCUT2D eigenvalue weighted by Crippen LogP contribution is -2.00. The highest BCUT2D eigenvalue weighted by Crippen LogP contribution is 2.17. The fraction of sp³-hybridized carbons (Fsp3) is 0. The SMILES string of the molecule is O=Nc1ccc(-c2nc(=O)[nH][nH]2)cc1. The van der Waals surface area contributed by atoms with E-state index >= 15 is 0 Å². The molecule has 0 aliphatic heterocycles. The number of hydrogen-bond acceptors (Lipinski definition) is 4. The second-order valence-electron chi connectivity index (χ2n) is 2.65. The Bertz CT molecular complexity index is 497. The van der Waals surface area contributed by atoms with E-state index < -0.39 is 5.69 Å². The zero-order valence-corrected chi connectivity index (χ0v) is 7.02. The van der Waals surface area contributed by atoms with Gasteiger partial charge in [-0.1, -0.05) is 0 Å². The smallest absolute Gasteiger partial charge is 0.280 e. The minimum absolute atomic E-state index is 0.339. The van der Waals surface area contributed by atoms with Crippen LogP contribution in [0.15, 0.2) is 34.2 Å². The van der Waals surface area contributed by atoms with Crippen molar-refractivity contribution < 1.29 is 0 Å². The van der Waals surface area contributed by atoms with E-state index in [0.29, 0.717) is 11.5 Å². The average Bonchev–Trinajstić information content (AvgIpc) is 2.65. The van der Waals surface area contributed by atoms with Gasteiger partial charge in [0, 0.05) is 5.56 Å². The van der Waals surface area contributed by atoms with Gasteiger partial charge in [0.25, 0.3) is 0 Å². The minimum atomic E-state index is -0.433. The van der Waals surface area contributed by atoms with Gasteiger partial charge in [0.05, 0.1) is 0 Å². The first-order valence-electron chi connectivity index (χ1n) is 3.88. The summed E-state index contributed by atoms with van der Waals surface area (Å²) < 4.78 is 0. The lowest BCUT2D eigenvalue weighted by atomic mass is 10.2. The highest BCUT2D eigenvalue weighted by atomic mass is 16.3. The van der Waals surface area contributed by atoms with Crippen LogP contribution in [0.5, 0.6) is 0 Å². The summed E-state index contributed by atoms with van der Waals surface area (Å²) in [6.45, 7) is 0. The van der Waals surface area contributed by atoms with Crippen molar-refractivity contribution in [1.82, 2.24) is 15.2 Å². The molecule has 0 radical (unpaired) electrons. The molecule has 70 valence electrons. The lowest BCUT2D eigenvalue weighted by Gasteiger charge is -1.94. The molecule has 0 saturated heterocycles. The number of aromatic amines is 2. The molecule has 0 atom stereocenters. The highest BCUT2D eigenvalue weighted by molar-refractivity contribution is 5.57. The summed E-state index contributed by atoms with van der Waals surface area (Å²) in [7, 11) is 0. The molecule has 0 saturated carbocycles. The number of rotatable bonds is 2. The number of aromatic nitrogens is 3. The van der Waals surface area contributed by atoms with Crippen LogP contribution >= 0.6 is 0 Å². The van der Waals surface area contributed by atoms with Crippen molar-refractivity contribution >= 4 is 5.69 Å². The summed E-state index contributed by atoms with van der Waals surface area (Å²) in [4.78, 5) is 24.5. The molecule has 1 heterocycles. The van der Waals surface area contributed by atoms with Gasteiger partial charge in [-0.25, -0.2) is 9.89 Å². The van der Waals surface area contributed by atoms with Crippen LogP contribution in [0.3, 0.4) is 0 Å². The average molecular weight is 190 g/mol. The Balaban J connectivity index is 2.42. The molecule has 0 amide bonds. The molecule has 6 nitrogen and oxygen atoms in total. The third-order valence-corrected chi connectivity index (χ3v) is 1.75. The molecule has 0 unspecified atom stereocenters. The summed E-state index contributed by atoms with van der Waals surface area (Å²) in [6, 6.07) is 6.41. The molecule has 0 aliphatic rings. The number of benzene rings is 1. The zero-order chi connectivity index (χ0) is 9.97. The Labute approximate surface area is 78.0 Å². The quantitative estimate of drug-likeness (QED) is 0.696. The second-order valence-corrected chi connectivity index (χ2v) is 2.65. The molecular weight excluding hydrogens is 184 g/mol. The second kappa shape index (κ2) is 3.25. The van der Waals surface area contributed by atoms with Crippen LogP contribution in [0.2, 0.25) is 0 Å². The maximum absolute atomic E-state index is 10.7. The third kappa shape index (κ3) is 1.45. The molecule has 2 N–H and O–H groups in total. The van der Waals surface area contributed by atoms with Crippen molar-refractivity contribution in [2.24, 2.45) is 5.18 Å². The molecule has 6 heteroatoms. The summed E-state index contributed by atoms with van der Waals surface area (Å²) >= 11 is 0. The lowest BCUT2D eigenvalue weighted by molar-refractivity contribution is 1.05. The van der Waals surface area contributed by atoms with Gasteiger partial charge in [-0.3, -0.25) is 5.10 Å². The fourth-order valence-electron chi connectivity index (χ4n) is 1.09. The molecule has 1 aromatic carbocycles. The van der Waals surface area contributed by atoms with Crippen LogP contribution in [0, 0.1) is 4.91 Å². The highest BCUT2D eigenvalue weighted by Gasteiger charge is 2.01. The Hall–Kier alpha value is -2.24. The normalized spacial score (nSPS) is 10.0. The van der Waals surface area contributed by atoms with Crippen molar-refractivity contribution in [2.45, 2.75) is 0 Å². The van der Waals surface area contributed by atoms with Gasteiger partial charge in [-0.05, 0) is 29.4 Å². The van der Waals surface area contributed by atoms with Crippen molar-refractivity contribution in [3.05, 3.63) is 39.7 Å². The maximum Gasteiger partial charge on any atom is 0.361 e. The van der Waals surface area contributed by atoms with Gasteiger partial charge in [0.2, 0.25) is 0 Å². The van der Waals surface area contributed by atoms with Crippen LogP contribution in [0.1, 0.15) is 0 Å². The van der Waals surface area contributed by atoms with E-state index in [1.54, 1.807) is 24.3 Å². The summed E-state index contributed by atoms with van der Waals surface area (Å²) in [5, 5.41) is 7.68. The summed E-state index contributed by atoms with van der Waals surface area (Å²) in [5.41, 5.74) is 0.625. The molecule has 0 bridgehead atoms. The predicted molar refractivity (Wildman–Crippen MR) is 50.1 cm³/mol. The van der Waals surface area contributed by atoms with E-state index in [4.69, 9.17) is 0 Å². The standard InChI is InChI=1S/C8H6N4O2/c13-8-9-7(10-11-8)5-1-3-6(12-14)4-2-5/h1-4H,(H2,9,10,11,13). The number of nitroso groups, excluding NO2 is 1. The van der Waals surface area contributed by atoms with Gasteiger partial charge in [0.1, 0.15) is 5.69 Å². The molecule has 0 fully saturated rings. The van der Waals surface area contributed by atoms with E-state index in [1.807, 2.05) is 0 Å². The predicted octanol–water partition coefficient (Wildman–Crippen LogP) is 1.16. The van der Waals surface area contributed by atoms with E-state index in [1.165, 1.54) is 0 Å². The van der Waals surface area contributed by atoms with Crippen LogP contribution < -0.4 is 5.69 Å². The molecular formula is C8H6N4O2. The Morgan fingerprint density at radius 2 is 1.86 bits per heavy atom. The van der Waals surface area contributed by atoms with Crippen LogP contribution in [-0.4, -0.2) is 15.2 Å². The molecule has 2 aromatic rings. The monoisotopic (exact) mass is 190 g/mol. The van der Waals surface area contributed by atoms with Gasteiger partial charge >= 0.3 is 5.69 Å². The van der Waals surface area contributed by atoms with Gasteiger partial charge < -0.3 is 0 Å². The van der Waals surface area contributed by atoms with E-state index in [-0.39, 0.29) is 0 Å². The zero-order valence-electron chi connectivity index (χ0n) is 7.02. The number of H-pyrrole nitrogens is 2. The molecule has 0 spiro atoms. The minimum Gasteiger partial charge on any atom is -0.280 e. The Morgan fingerprint density at radius 3 is 2.36 bits per heavy atom. The van der Waals surface area contributed by atoms with E-state index in [9.17, 15) is 9.70 Å². The van der Waals surface area contributed by atoms with Crippen molar-refractivity contribution in [3.8, 4) is 11.4 Å². The van der Waals surface area contributed by atoms with Crippen molar-refractivity contribution in [1.29, 1.82) is 0 Å². The van der Waals surface area contributed by atoms with E-state index in [2.05, 4.69) is 20.4 Å². The maximum atomic E-state index is 10.7. The topological polar surface area (TPSA) is 91.0 Å². The first-order chi connectivity index (χ1) is 6.79. The molecule has 14 heavy (non-hydrogen) atoms. The summed E-state index contributed by atoms with van der Waals surface area (Å²) in [5.74, 6) is 0.437.